The van der Waals surface area contributed by atoms with E-state index in [4.69, 9.17) is 0 Å². The van der Waals surface area contributed by atoms with Crippen LogP contribution in [0.4, 0.5) is 0 Å². The van der Waals surface area contributed by atoms with E-state index in [0.29, 0.717) is 17.3 Å². The fourth-order valence-electron chi connectivity index (χ4n) is 8.91. The second-order valence-electron chi connectivity index (χ2n) is 11.5. The molecule has 29 heavy (non-hydrogen) atoms. The van der Waals surface area contributed by atoms with Gasteiger partial charge in [-0.2, -0.15) is 5.26 Å². The molecule has 0 heterocycles. The Balaban J connectivity index is 1.57. The quantitative estimate of drug-likeness (QED) is 0.661. The Morgan fingerprint density at radius 1 is 1.07 bits per heavy atom. The molecule has 4 saturated carbocycles. The van der Waals surface area contributed by atoms with Crippen molar-refractivity contribution in [1.29, 1.82) is 5.26 Å². The second-order valence-corrected chi connectivity index (χ2v) is 11.5. The standard InChI is InChI=1S/C25H39NO3/c1-16(14-17(15-26)22(27)28)25(29)13-10-21-19-8-7-18-6-4-5-11-23(18,2)20(19)9-12-24(21,25)3/h16-21,29H,4-14H2,1-3H3,(H,27,28)/t16-,17?,18?,19-,20+,21+,23+,24+,25+/m1/s1. The van der Waals surface area contributed by atoms with Crippen molar-refractivity contribution in [2.45, 2.75) is 97.0 Å². The number of nitrogens with zero attached hydrogens (tertiary/aromatic N) is 1. The first-order valence-corrected chi connectivity index (χ1v) is 12.0. The molecule has 0 bridgehead atoms. The third kappa shape index (κ3) is 2.98. The summed E-state index contributed by atoms with van der Waals surface area (Å²) in [5.74, 6) is 0.686. The molecule has 162 valence electrons. The van der Waals surface area contributed by atoms with Crippen LogP contribution in [0.2, 0.25) is 0 Å². The van der Waals surface area contributed by atoms with Crippen molar-refractivity contribution in [3.05, 3.63) is 0 Å². The van der Waals surface area contributed by atoms with Gasteiger partial charge in [-0.3, -0.25) is 4.79 Å². The van der Waals surface area contributed by atoms with Gasteiger partial charge in [-0.15, -0.1) is 0 Å². The van der Waals surface area contributed by atoms with Crippen LogP contribution in [0.1, 0.15) is 91.4 Å². The monoisotopic (exact) mass is 401 g/mol. The first-order valence-electron chi connectivity index (χ1n) is 12.0. The molecule has 0 aromatic rings. The van der Waals surface area contributed by atoms with Crippen molar-refractivity contribution >= 4 is 5.97 Å². The minimum atomic E-state index is -1.06. The number of rotatable bonds is 4. The van der Waals surface area contributed by atoms with E-state index in [1.54, 1.807) is 0 Å². The lowest BCUT2D eigenvalue weighted by molar-refractivity contribution is -0.171. The van der Waals surface area contributed by atoms with E-state index in [2.05, 4.69) is 13.8 Å². The van der Waals surface area contributed by atoms with Gasteiger partial charge in [0.15, 0.2) is 0 Å². The summed E-state index contributed by atoms with van der Waals surface area (Å²) >= 11 is 0. The molecule has 0 spiro atoms. The number of hydrogen-bond acceptors (Lipinski definition) is 3. The number of carboxylic acid groups (broad SMARTS) is 1. The molecule has 4 fully saturated rings. The van der Waals surface area contributed by atoms with Gasteiger partial charge in [-0.1, -0.05) is 33.6 Å². The molecule has 0 aromatic heterocycles. The van der Waals surface area contributed by atoms with E-state index in [0.717, 1.165) is 31.1 Å². The maximum absolute atomic E-state index is 11.9. The first-order chi connectivity index (χ1) is 13.7. The molecule has 2 N–H and O–H groups in total. The molecule has 4 aliphatic carbocycles. The molecular weight excluding hydrogens is 362 g/mol. The number of fused-ring (bicyclic) bond motifs is 5. The van der Waals surface area contributed by atoms with E-state index in [1.165, 1.54) is 44.9 Å². The van der Waals surface area contributed by atoms with Gasteiger partial charge in [0.05, 0.1) is 11.7 Å². The minimum absolute atomic E-state index is 0.149. The first kappa shape index (κ1) is 21.2. The zero-order chi connectivity index (χ0) is 21.0. The summed E-state index contributed by atoms with van der Waals surface area (Å²) in [7, 11) is 0. The minimum Gasteiger partial charge on any atom is -0.480 e. The van der Waals surface area contributed by atoms with Crippen LogP contribution < -0.4 is 0 Å². The summed E-state index contributed by atoms with van der Waals surface area (Å²) in [6.45, 7) is 6.84. The summed E-state index contributed by atoms with van der Waals surface area (Å²) in [5, 5.41) is 30.5. The van der Waals surface area contributed by atoms with Crippen LogP contribution in [0.3, 0.4) is 0 Å². The van der Waals surface area contributed by atoms with Crippen LogP contribution >= 0.6 is 0 Å². The fraction of sp³-hybridized carbons (Fsp3) is 0.920. The van der Waals surface area contributed by atoms with Crippen molar-refractivity contribution in [2.24, 2.45) is 46.3 Å². The molecule has 2 unspecified atom stereocenters. The average Bonchev–Trinajstić information content (AvgIpc) is 2.97. The molecule has 9 atom stereocenters. The van der Waals surface area contributed by atoms with Gasteiger partial charge < -0.3 is 10.2 Å². The van der Waals surface area contributed by atoms with Crippen LogP contribution in [-0.4, -0.2) is 21.8 Å². The smallest absolute Gasteiger partial charge is 0.320 e. The average molecular weight is 402 g/mol. The highest BCUT2D eigenvalue weighted by Gasteiger charge is 2.65. The van der Waals surface area contributed by atoms with Gasteiger partial charge in [0, 0.05) is 0 Å². The predicted octanol–water partition coefficient (Wildman–Crippen LogP) is 5.40. The number of aliphatic hydroxyl groups is 1. The Labute approximate surface area is 176 Å². The van der Waals surface area contributed by atoms with Gasteiger partial charge in [-0.25, -0.2) is 0 Å². The van der Waals surface area contributed by atoms with E-state index in [1.807, 2.05) is 13.0 Å². The van der Waals surface area contributed by atoms with Crippen molar-refractivity contribution in [2.75, 3.05) is 0 Å². The van der Waals surface area contributed by atoms with E-state index in [-0.39, 0.29) is 17.8 Å². The van der Waals surface area contributed by atoms with E-state index in [9.17, 15) is 20.3 Å². The van der Waals surface area contributed by atoms with Crippen LogP contribution in [0.25, 0.3) is 0 Å². The SMILES string of the molecule is C[C@H](CC(C#N)C(=O)O)[C@@]1(O)CC[C@H]2[C@@H]3CCC4CCCC[C@]4(C)[C@H]3CC[C@@]21C. The molecule has 4 heteroatoms. The van der Waals surface area contributed by atoms with Crippen LogP contribution in [-0.2, 0) is 4.79 Å². The number of hydrogen-bond donors (Lipinski definition) is 2. The molecule has 0 saturated heterocycles. The summed E-state index contributed by atoms with van der Waals surface area (Å²) < 4.78 is 0. The third-order valence-electron chi connectivity index (χ3n) is 10.7. The number of aliphatic carboxylic acids is 1. The lowest BCUT2D eigenvalue weighted by Gasteiger charge is -2.61. The van der Waals surface area contributed by atoms with Crippen LogP contribution in [0, 0.1) is 57.7 Å². The molecule has 0 amide bonds. The van der Waals surface area contributed by atoms with E-state index < -0.39 is 17.5 Å². The molecule has 0 aromatic carbocycles. The van der Waals surface area contributed by atoms with Crippen molar-refractivity contribution in [1.82, 2.24) is 0 Å². The van der Waals surface area contributed by atoms with Crippen molar-refractivity contribution < 1.29 is 15.0 Å². The Kier molecular flexibility index (Phi) is 5.30. The topological polar surface area (TPSA) is 81.3 Å². The van der Waals surface area contributed by atoms with Gasteiger partial charge in [0.1, 0.15) is 5.92 Å². The number of nitriles is 1. The molecule has 4 aliphatic rings. The Morgan fingerprint density at radius 3 is 2.48 bits per heavy atom. The normalized spacial score (nSPS) is 48.5. The molecular formula is C25H39NO3. The van der Waals surface area contributed by atoms with Gasteiger partial charge >= 0.3 is 5.97 Å². The Morgan fingerprint density at radius 2 is 1.79 bits per heavy atom. The maximum Gasteiger partial charge on any atom is 0.320 e. The predicted molar refractivity (Wildman–Crippen MR) is 112 cm³/mol. The number of carboxylic acids is 1. The zero-order valence-electron chi connectivity index (χ0n) is 18.5. The lowest BCUT2D eigenvalue weighted by Crippen LogP contribution is -2.58. The van der Waals surface area contributed by atoms with Gasteiger partial charge in [-0.05, 0) is 98.2 Å². The molecule has 0 radical (unpaired) electrons. The summed E-state index contributed by atoms with van der Waals surface area (Å²) in [6, 6.07) is 1.93. The largest absolute Gasteiger partial charge is 0.480 e. The molecule has 0 aliphatic heterocycles. The third-order valence-corrected chi connectivity index (χ3v) is 10.7. The highest BCUT2D eigenvalue weighted by atomic mass is 16.4. The molecule has 4 nitrogen and oxygen atoms in total. The van der Waals surface area contributed by atoms with Crippen LogP contribution in [0.5, 0.6) is 0 Å². The maximum atomic E-state index is 11.9. The summed E-state index contributed by atoms with van der Waals surface area (Å²) in [4.78, 5) is 11.4. The zero-order valence-corrected chi connectivity index (χ0v) is 18.5. The number of carbonyl (C=O) groups is 1. The van der Waals surface area contributed by atoms with Gasteiger partial charge in [0.25, 0.3) is 0 Å². The fourth-order valence-corrected chi connectivity index (χ4v) is 8.91. The van der Waals surface area contributed by atoms with Crippen molar-refractivity contribution in [3.63, 3.8) is 0 Å². The Bertz CT molecular complexity index is 701. The summed E-state index contributed by atoms with van der Waals surface area (Å²) in [5.41, 5.74) is -0.508. The second kappa shape index (κ2) is 7.26. The van der Waals surface area contributed by atoms with Crippen molar-refractivity contribution in [3.8, 4) is 6.07 Å². The Hall–Kier alpha value is -1.08. The van der Waals surface area contributed by atoms with Crippen LogP contribution in [0.15, 0.2) is 0 Å². The summed E-state index contributed by atoms with van der Waals surface area (Å²) in [6.07, 6.45) is 12.6. The highest BCUT2D eigenvalue weighted by Crippen LogP contribution is 2.69. The lowest BCUT2D eigenvalue weighted by atomic mass is 9.44. The van der Waals surface area contributed by atoms with Gasteiger partial charge in [0.2, 0.25) is 0 Å². The highest BCUT2D eigenvalue weighted by molar-refractivity contribution is 5.72. The van der Waals surface area contributed by atoms with E-state index >= 15 is 0 Å². The molecule has 4 rings (SSSR count).